The van der Waals surface area contributed by atoms with Gasteiger partial charge in [-0.1, -0.05) is 42.5 Å². The topological polar surface area (TPSA) is 115 Å². The van der Waals surface area contributed by atoms with Crippen LogP contribution in [0.25, 0.3) is 11.6 Å². The van der Waals surface area contributed by atoms with Gasteiger partial charge in [-0.2, -0.15) is 0 Å². The molecule has 0 aromatic heterocycles. The minimum absolute atomic E-state index is 0.0497. The van der Waals surface area contributed by atoms with E-state index in [1.807, 2.05) is 42.5 Å². The second kappa shape index (κ2) is 18.8. The highest BCUT2D eigenvalue weighted by atomic mass is 16.6. The van der Waals surface area contributed by atoms with E-state index in [4.69, 9.17) is 18.9 Å². The molecule has 10 nitrogen and oxygen atoms in total. The Hall–Kier alpha value is -3.57. The van der Waals surface area contributed by atoms with E-state index in [0.29, 0.717) is 72.4 Å². The number of nitrogens with one attached hydrogen (secondary N) is 2. The summed E-state index contributed by atoms with van der Waals surface area (Å²) < 4.78 is 21.6. The highest BCUT2D eigenvalue weighted by Crippen LogP contribution is 2.32. The van der Waals surface area contributed by atoms with E-state index in [2.05, 4.69) is 29.7 Å². The first-order chi connectivity index (χ1) is 20.5. The molecule has 0 saturated heterocycles. The number of hydrogen-bond donors (Lipinski definition) is 2. The van der Waals surface area contributed by atoms with E-state index in [9.17, 15) is 14.4 Å². The molecule has 0 radical (unpaired) electrons. The van der Waals surface area contributed by atoms with Crippen molar-refractivity contribution in [3.05, 3.63) is 65.2 Å². The highest BCUT2D eigenvalue weighted by Gasteiger charge is 2.22. The Kier molecular flexibility index (Phi) is 14.7. The fourth-order valence-corrected chi connectivity index (χ4v) is 4.45. The monoisotopic (exact) mass is 581 g/mol. The molecule has 0 fully saturated rings. The first-order valence-electron chi connectivity index (χ1n) is 14.4. The Balaban J connectivity index is 1.26. The standard InChI is InChI=1S/C32H43N3O7/c1-25-23-26-7-4-6-10-29(26)35(24-27-8-3-5-9-28(25)27)32(38)12-11-31(37)34-14-16-40-18-20-42-22-21-41-19-17-39-15-13-30(36)33-2/h3-10,23H,11-22,24H2,1-2H3,(H,33,36)(H,34,37)/b25-23-. The van der Waals surface area contributed by atoms with Crippen molar-refractivity contribution in [2.75, 3.05) is 71.3 Å². The van der Waals surface area contributed by atoms with Crippen LogP contribution in [0.5, 0.6) is 0 Å². The summed E-state index contributed by atoms with van der Waals surface area (Å²) in [7, 11) is 1.59. The van der Waals surface area contributed by atoms with Crippen LogP contribution < -0.4 is 15.5 Å². The third-order valence-electron chi connectivity index (χ3n) is 6.67. The molecule has 3 amide bonds. The van der Waals surface area contributed by atoms with Gasteiger partial charge in [0, 0.05) is 32.9 Å². The molecular formula is C32H43N3O7. The fourth-order valence-electron chi connectivity index (χ4n) is 4.45. The second-order valence-corrected chi connectivity index (χ2v) is 9.75. The predicted molar refractivity (Wildman–Crippen MR) is 162 cm³/mol. The first kappa shape index (κ1) is 32.9. The molecule has 2 aromatic rings. The molecule has 2 N–H and O–H groups in total. The summed E-state index contributed by atoms with van der Waals surface area (Å²) in [4.78, 5) is 38.5. The molecular weight excluding hydrogens is 538 g/mol. The maximum atomic E-state index is 13.3. The lowest BCUT2D eigenvalue weighted by molar-refractivity contribution is -0.125. The smallest absolute Gasteiger partial charge is 0.227 e. The van der Waals surface area contributed by atoms with Gasteiger partial charge in [-0.05, 0) is 41.3 Å². The van der Waals surface area contributed by atoms with E-state index >= 15 is 0 Å². The predicted octanol–water partition coefficient (Wildman–Crippen LogP) is 3.19. The number of nitrogens with zero attached hydrogens (tertiary/aromatic N) is 1. The van der Waals surface area contributed by atoms with Crippen LogP contribution in [0, 0.1) is 0 Å². The van der Waals surface area contributed by atoms with E-state index in [1.54, 1.807) is 11.9 Å². The molecule has 0 atom stereocenters. The first-order valence-corrected chi connectivity index (χ1v) is 14.4. The van der Waals surface area contributed by atoms with E-state index in [1.165, 1.54) is 0 Å². The largest absolute Gasteiger partial charge is 0.379 e. The lowest BCUT2D eigenvalue weighted by Gasteiger charge is -2.28. The van der Waals surface area contributed by atoms with Crippen molar-refractivity contribution < 1.29 is 33.3 Å². The van der Waals surface area contributed by atoms with Gasteiger partial charge in [0.25, 0.3) is 0 Å². The van der Waals surface area contributed by atoms with Crippen LogP contribution in [0.3, 0.4) is 0 Å². The van der Waals surface area contributed by atoms with Crippen molar-refractivity contribution in [1.82, 2.24) is 10.6 Å². The zero-order valence-electron chi connectivity index (χ0n) is 24.7. The number of benzene rings is 2. The number of fused-ring (bicyclic) bond motifs is 2. The molecule has 2 aromatic carbocycles. The van der Waals surface area contributed by atoms with Crippen LogP contribution in [-0.4, -0.2) is 84.2 Å². The van der Waals surface area contributed by atoms with Gasteiger partial charge in [0.2, 0.25) is 17.7 Å². The van der Waals surface area contributed by atoms with E-state index in [0.717, 1.165) is 28.0 Å². The maximum Gasteiger partial charge on any atom is 0.227 e. The number of rotatable bonds is 18. The summed E-state index contributed by atoms with van der Waals surface area (Å²) in [5.41, 5.74) is 5.19. The zero-order valence-corrected chi connectivity index (χ0v) is 24.7. The van der Waals surface area contributed by atoms with Crippen molar-refractivity contribution in [2.24, 2.45) is 0 Å². The van der Waals surface area contributed by atoms with Crippen LogP contribution >= 0.6 is 0 Å². The van der Waals surface area contributed by atoms with Crippen molar-refractivity contribution in [3.63, 3.8) is 0 Å². The van der Waals surface area contributed by atoms with Crippen LogP contribution in [0.4, 0.5) is 5.69 Å². The van der Waals surface area contributed by atoms with Gasteiger partial charge in [-0.3, -0.25) is 14.4 Å². The Labute approximate surface area is 248 Å². The highest BCUT2D eigenvalue weighted by molar-refractivity contribution is 5.99. The van der Waals surface area contributed by atoms with Crippen LogP contribution in [0.15, 0.2) is 48.5 Å². The number of allylic oxidation sites excluding steroid dienone is 1. The zero-order chi connectivity index (χ0) is 30.0. The maximum absolute atomic E-state index is 13.3. The average molecular weight is 582 g/mol. The summed E-state index contributed by atoms with van der Waals surface area (Å²) in [5, 5.41) is 5.35. The summed E-state index contributed by atoms with van der Waals surface area (Å²) >= 11 is 0. The summed E-state index contributed by atoms with van der Waals surface area (Å²) in [6.07, 6.45) is 2.67. The molecule has 0 bridgehead atoms. The van der Waals surface area contributed by atoms with Gasteiger partial charge in [-0.15, -0.1) is 0 Å². The molecule has 0 spiro atoms. The van der Waals surface area contributed by atoms with Gasteiger partial charge >= 0.3 is 0 Å². The molecule has 42 heavy (non-hydrogen) atoms. The Bertz CT molecular complexity index is 1180. The number of amides is 3. The van der Waals surface area contributed by atoms with Crippen molar-refractivity contribution in [2.45, 2.75) is 32.7 Å². The molecule has 0 unspecified atom stereocenters. The van der Waals surface area contributed by atoms with Crippen LogP contribution in [0.1, 0.15) is 42.9 Å². The minimum atomic E-state index is -0.186. The molecule has 3 rings (SSSR count). The molecule has 10 heteroatoms. The Morgan fingerprint density at radius 3 is 2.07 bits per heavy atom. The Morgan fingerprint density at radius 1 is 0.738 bits per heavy atom. The summed E-state index contributed by atoms with van der Waals surface area (Å²) in [5.74, 6) is -0.327. The van der Waals surface area contributed by atoms with Crippen molar-refractivity contribution in [3.8, 4) is 0 Å². The molecule has 0 aliphatic carbocycles. The molecule has 0 saturated carbocycles. The third kappa shape index (κ3) is 11.4. The molecule has 1 aliphatic rings. The number of anilines is 1. The number of carbonyl (C=O) groups is 3. The lowest BCUT2D eigenvalue weighted by atomic mass is 9.95. The van der Waals surface area contributed by atoms with E-state index in [-0.39, 0.29) is 30.6 Å². The lowest BCUT2D eigenvalue weighted by Crippen LogP contribution is -2.34. The van der Waals surface area contributed by atoms with E-state index < -0.39 is 0 Å². The SMILES string of the molecule is CNC(=O)CCOCCOCCOCCOCCNC(=O)CCC(=O)N1Cc2ccccc2/C(C)=C\c2ccccc21. The summed E-state index contributed by atoms with van der Waals surface area (Å²) in [6.45, 7) is 6.21. The van der Waals surface area contributed by atoms with Crippen molar-refractivity contribution >= 4 is 35.1 Å². The van der Waals surface area contributed by atoms with Crippen LogP contribution in [0.2, 0.25) is 0 Å². The van der Waals surface area contributed by atoms with Gasteiger partial charge < -0.3 is 34.5 Å². The molecule has 1 aliphatic heterocycles. The Morgan fingerprint density at radius 2 is 1.36 bits per heavy atom. The molecule has 228 valence electrons. The fraction of sp³-hybridized carbons (Fsp3) is 0.469. The number of para-hydroxylation sites is 1. The minimum Gasteiger partial charge on any atom is -0.379 e. The van der Waals surface area contributed by atoms with Gasteiger partial charge in [0.05, 0.1) is 65.1 Å². The number of ether oxygens (including phenoxy) is 4. The van der Waals surface area contributed by atoms with Gasteiger partial charge in [-0.25, -0.2) is 0 Å². The third-order valence-corrected chi connectivity index (χ3v) is 6.67. The molecule has 1 heterocycles. The normalized spacial score (nSPS) is 13.7. The number of hydrogen-bond acceptors (Lipinski definition) is 7. The van der Waals surface area contributed by atoms with Crippen molar-refractivity contribution in [1.29, 1.82) is 0 Å². The second-order valence-electron chi connectivity index (χ2n) is 9.75. The van der Waals surface area contributed by atoms with Crippen LogP contribution in [-0.2, 0) is 39.9 Å². The average Bonchev–Trinajstić information content (AvgIpc) is 3.00. The number of carbonyl (C=O) groups excluding carboxylic acids is 3. The summed E-state index contributed by atoms with van der Waals surface area (Å²) in [6, 6.07) is 16.0. The van der Waals surface area contributed by atoms with Gasteiger partial charge in [0.15, 0.2) is 0 Å². The quantitative estimate of drug-likeness (QED) is 0.260. The van der Waals surface area contributed by atoms with Gasteiger partial charge in [0.1, 0.15) is 0 Å².